The fourth-order valence-electron chi connectivity index (χ4n) is 2.91. The maximum Gasteiger partial charge on any atom is 0.163 e. The van der Waals surface area contributed by atoms with Gasteiger partial charge in [-0.05, 0) is 24.5 Å². The number of anilines is 2. The summed E-state index contributed by atoms with van der Waals surface area (Å²) in [4.78, 5) is 10.9. The molecule has 0 unspecified atom stereocenters. The van der Waals surface area contributed by atoms with Gasteiger partial charge in [0.05, 0.1) is 11.1 Å². The van der Waals surface area contributed by atoms with Crippen LogP contribution in [0.15, 0.2) is 42.7 Å². The van der Waals surface area contributed by atoms with E-state index in [9.17, 15) is 0 Å². The number of aryl methyl sites for hydroxylation is 1. The van der Waals surface area contributed by atoms with Gasteiger partial charge in [-0.2, -0.15) is 10.4 Å². The highest BCUT2D eigenvalue weighted by atomic mass is 32.1. The number of aromatic nitrogens is 4. The van der Waals surface area contributed by atoms with Gasteiger partial charge in [0, 0.05) is 11.4 Å². The summed E-state index contributed by atoms with van der Waals surface area (Å²) in [6, 6.07) is 14.5. The Morgan fingerprint density at radius 3 is 2.89 bits per heavy atom. The predicted molar refractivity (Wildman–Crippen MR) is 107 cm³/mol. The maximum absolute atomic E-state index is 9.12. The monoisotopic (exact) mass is 375 g/mol. The van der Waals surface area contributed by atoms with Crippen molar-refractivity contribution in [1.82, 2.24) is 20.2 Å². The lowest BCUT2D eigenvalue weighted by molar-refractivity contribution is 0.823. The molecule has 0 spiro atoms. The van der Waals surface area contributed by atoms with Crippen molar-refractivity contribution in [2.24, 2.45) is 0 Å². The van der Waals surface area contributed by atoms with E-state index in [2.05, 4.69) is 49.8 Å². The molecule has 4 N–H and O–H groups in total. The molecule has 0 aliphatic heterocycles. The molecule has 0 saturated carbocycles. The molecule has 8 heteroatoms. The molecule has 27 heavy (non-hydrogen) atoms. The highest BCUT2D eigenvalue weighted by Gasteiger charge is 2.11. The van der Waals surface area contributed by atoms with Crippen molar-refractivity contribution in [3.05, 3.63) is 54.0 Å². The lowest BCUT2D eigenvalue weighted by Crippen LogP contribution is -2.05. The van der Waals surface area contributed by atoms with E-state index in [1.165, 1.54) is 10.4 Å². The van der Waals surface area contributed by atoms with Crippen LogP contribution in [0.4, 0.5) is 11.6 Å². The Morgan fingerprint density at radius 2 is 2.07 bits per heavy atom. The van der Waals surface area contributed by atoms with Crippen LogP contribution in [0, 0.1) is 11.3 Å². The fourth-order valence-corrected chi connectivity index (χ4v) is 3.92. The standard InChI is InChI=1S/C19H17N7S/c20-10-14-15(25-26-17(14)21)7-4-8-22-18-13-9-16(12-5-2-1-3-6-12)27-19(13)24-11-23-18/h1-3,5-6,9,11H,4,7-8H2,(H3,21,25,26)(H,22,23,24). The summed E-state index contributed by atoms with van der Waals surface area (Å²) in [7, 11) is 0. The van der Waals surface area contributed by atoms with Crippen LogP contribution in [0.1, 0.15) is 17.7 Å². The minimum atomic E-state index is 0.254. The third-order valence-electron chi connectivity index (χ3n) is 4.26. The summed E-state index contributed by atoms with van der Waals surface area (Å²) in [5, 5.41) is 20.2. The van der Waals surface area contributed by atoms with Crippen molar-refractivity contribution in [3.8, 4) is 16.5 Å². The summed E-state index contributed by atoms with van der Waals surface area (Å²) in [5.74, 6) is 1.08. The van der Waals surface area contributed by atoms with E-state index in [1.54, 1.807) is 17.7 Å². The number of thiophene rings is 1. The van der Waals surface area contributed by atoms with Crippen LogP contribution in [-0.2, 0) is 6.42 Å². The van der Waals surface area contributed by atoms with Crippen LogP contribution in [0.5, 0.6) is 0 Å². The molecule has 4 aromatic rings. The Bertz CT molecular complexity index is 1110. The summed E-state index contributed by atoms with van der Waals surface area (Å²) < 4.78 is 0. The Morgan fingerprint density at radius 1 is 1.22 bits per heavy atom. The number of nitrogens with zero attached hydrogens (tertiary/aromatic N) is 4. The zero-order valence-electron chi connectivity index (χ0n) is 14.4. The first kappa shape index (κ1) is 17.0. The van der Waals surface area contributed by atoms with Gasteiger partial charge < -0.3 is 11.1 Å². The van der Waals surface area contributed by atoms with E-state index in [4.69, 9.17) is 11.0 Å². The molecule has 0 bridgehead atoms. The lowest BCUT2D eigenvalue weighted by atomic mass is 10.1. The molecule has 7 nitrogen and oxygen atoms in total. The number of aromatic amines is 1. The number of benzene rings is 1. The van der Waals surface area contributed by atoms with Crippen molar-refractivity contribution in [2.45, 2.75) is 12.8 Å². The summed E-state index contributed by atoms with van der Waals surface area (Å²) in [6.45, 7) is 0.715. The van der Waals surface area contributed by atoms with Gasteiger partial charge in [0.1, 0.15) is 28.6 Å². The summed E-state index contributed by atoms with van der Waals surface area (Å²) in [5.41, 5.74) is 8.04. The number of hydrogen-bond acceptors (Lipinski definition) is 7. The molecule has 0 amide bonds. The smallest absolute Gasteiger partial charge is 0.163 e. The molecule has 1 aromatic carbocycles. The number of nitriles is 1. The number of hydrogen-bond donors (Lipinski definition) is 3. The number of fused-ring (bicyclic) bond motifs is 1. The van der Waals surface area contributed by atoms with Crippen LogP contribution >= 0.6 is 11.3 Å². The average Bonchev–Trinajstić information content (AvgIpc) is 3.29. The molecule has 0 fully saturated rings. The molecule has 134 valence electrons. The third kappa shape index (κ3) is 3.45. The van der Waals surface area contributed by atoms with E-state index in [1.807, 2.05) is 18.2 Å². The van der Waals surface area contributed by atoms with E-state index in [-0.39, 0.29) is 5.82 Å². The van der Waals surface area contributed by atoms with Gasteiger partial charge in [-0.1, -0.05) is 30.3 Å². The molecule has 4 rings (SSSR count). The number of nitrogens with two attached hydrogens (primary N) is 1. The minimum Gasteiger partial charge on any atom is -0.381 e. The normalized spacial score (nSPS) is 10.8. The zero-order chi connectivity index (χ0) is 18.6. The molecule has 0 aliphatic rings. The van der Waals surface area contributed by atoms with Crippen molar-refractivity contribution in [1.29, 1.82) is 5.26 Å². The van der Waals surface area contributed by atoms with Crippen LogP contribution in [0.25, 0.3) is 20.7 Å². The van der Waals surface area contributed by atoms with Crippen molar-refractivity contribution in [2.75, 3.05) is 17.6 Å². The van der Waals surface area contributed by atoms with Gasteiger partial charge in [0.25, 0.3) is 0 Å². The Kier molecular flexibility index (Phi) is 4.68. The number of nitrogen functional groups attached to an aromatic ring is 1. The number of rotatable bonds is 6. The van der Waals surface area contributed by atoms with E-state index in [0.717, 1.165) is 28.1 Å². The van der Waals surface area contributed by atoms with E-state index in [0.29, 0.717) is 18.5 Å². The fraction of sp³-hybridized carbons (Fsp3) is 0.158. The van der Waals surface area contributed by atoms with Gasteiger partial charge >= 0.3 is 0 Å². The molecule has 0 saturated heterocycles. The van der Waals surface area contributed by atoms with E-state index >= 15 is 0 Å². The lowest BCUT2D eigenvalue weighted by Gasteiger charge is -2.05. The Balaban J connectivity index is 1.46. The quantitative estimate of drug-likeness (QED) is 0.444. The van der Waals surface area contributed by atoms with Crippen LogP contribution in [0.3, 0.4) is 0 Å². The summed E-state index contributed by atoms with van der Waals surface area (Å²) in [6.07, 6.45) is 3.09. The second kappa shape index (κ2) is 7.43. The van der Waals surface area contributed by atoms with E-state index < -0.39 is 0 Å². The minimum absolute atomic E-state index is 0.254. The van der Waals surface area contributed by atoms with Crippen LogP contribution in [0.2, 0.25) is 0 Å². The Labute approximate surface area is 159 Å². The number of nitrogens with one attached hydrogen (secondary N) is 2. The van der Waals surface area contributed by atoms with Gasteiger partial charge in [-0.15, -0.1) is 11.3 Å². The molecule has 3 aromatic heterocycles. The highest BCUT2D eigenvalue weighted by molar-refractivity contribution is 7.21. The topological polar surface area (TPSA) is 116 Å². The van der Waals surface area contributed by atoms with Crippen molar-refractivity contribution < 1.29 is 0 Å². The highest BCUT2D eigenvalue weighted by Crippen LogP contribution is 2.34. The Hall–Kier alpha value is -3.44. The second-order valence-electron chi connectivity index (χ2n) is 6.02. The third-order valence-corrected chi connectivity index (χ3v) is 5.36. The maximum atomic E-state index is 9.12. The molecule has 0 aliphatic carbocycles. The largest absolute Gasteiger partial charge is 0.381 e. The van der Waals surface area contributed by atoms with Gasteiger partial charge in [0.15, 0.2) is 5.82 Å². The van der Waals surface area contributed by atoms with Crippen LogP contribution < -0.4 is 11.1 Å². The number of H-pyrrole nitrogens is 1. The SMILES string of the molecule is N#Cc1c(N)n[nH]c1CCCNc1ncnc2sc(-c3ccccc3)cc12. The molecular weight excluding hydrogens is 358 g/mol. The first-order chi connectivity index (χ1) is 13.3. The molecule has 0 radical (unpaired) electrons. The molecule has 3 heterocycles. The first-order valence-electron chi connectivity index (χ1n) is 8.53. The predicted octanol–water partition coefficient (Wildman–Crippen LogP) is 3.58. The van der Waals surface area contributed by atoms with Gasteiger partial charge in [0.2, 0.25) is 0 Å². The van der Waals surface area contributed by atoms with Crippen LogP contribution in [-0.4, -0.2) is 26.7 Å². The van der Waals surface area contributed by atoms with Crippen molar-refractivity contribution in [3.63, 3.8) is 0 Å². The van der Waals surface area contributed by atoms with Crippen molar-refractivity contribution >= 4 is 33.2 Å². The zero-order valence-corrected chi connectivity index (χ0v) is 15.3. The average molecular weight is 375 g/mol. The first-order valence-corrected chi connectivity index (χ1v) is 9.34. The summed E-state index contributed by atoms with van der Waals surface area (Å²) >= 11 is 1.65. The molecular formula is C19H17N7S. The second-order valence-corrected chi connectivity index (χ2v) is 7.05. The van der Waals surface area contributed by atoms with Gasteiger partial charge in [-0.3, -0.25) is 5.10 Å². The molecule has 0 atom stereocenters. The van der Waals surface area contributed by atoms with Gasteiger partial charge in [-0.25, -0.2) is 9.97 Å².